The number of fused-ring (bicyclic) bond motifs is 2. The first-order chi connectivity index (χ1) is 29.9. The number of ether oxygens (including phenoxy) is 6. The van der Waals surface area contributed by atoms with Crippen molar-refractivity contribution in [3.63, 3.8) is 0 Å². The summed E-state index contributed by atoms with van der Waals surface area (Å²) in [4.78, 5) is 62.0. The molecule has 0 bridgehead atoms. The molecule has 14 heteroatoms. The molecule has 344 valence electrons. The molecule has 1 aromatic heterocycles. The molecule has 63 heavy (non-hydrogen) atoms. The Morgan fingerprint density at radius 3 is 2.38 bits per heavy atom. The maximum absolute atomic E-state index is 14.7. The number of hydrogen-bond donors (Lipinski definition) is 2. The van der Waals surface area contributed by atoms with E-state index in [1.165, 1.54) is 0 Å². The fraction of sp³-hybridized carbons (Fsp3) is 0.612. The monoisotopic (exact) mass is 873 g/mol. The van der Waals surface area contributed by atoms with Crippen LogP contribution in [0.3, 0.4) is 0 Å². The number of likely N-dealkylation sites (N-methyl/N-ethyl adjacent to an activating group) is 1. The number of alkyl carbamates (subject to hydrolysis) is 1. The summed E-state index contributed by atoms with van der Waals surface area (Å²) in [5, 5.41) is 16.2. The molecule has 2 N–H and O–H groups in total. The number of nitrogens with zero attached hydrogens (tertiary/aromatic N) is 2. The number of hydrogen-bond acceptors (Lipinski definition) is 13. The summed E-state index contributed by atoms with van der Waals surface area (Å²) in [7, 11) is 3.81. The average Bonchev–Trinajstić information content (AvgIpc) is 3.58. The predicted molar refractivity (Wildman–Crippen MR) is 236 cm³/mol. The number of aliphatic hydroxyl groups is 1. The van der Waals surface area contributed by atoms with Crippen LogP contribution in [-0.2, 0) is 44.4 Å². The maximum atomic E-state index is 14.7. The number of aryl methyl sites for hydroxylation is 1. The average molecular weight is 874 g/mol. The number of cyclic esters (lactones) is 1. The highest BCUT2D eigenvalue weighted by Crippen LogP contribution is 2.41. The summed E-state index contributed by atoms with van der Waals surface area (Å²) in [6, 6.07) is 17.6. The first-order valence-electron chi connectivity index (χ1n) is 22.5. The van der Waals surface area contributed by atoms with E-state index in [9.17, 15) is 24.3 Å². The Labute approximate surface area is 371 Å². The number of Topliss-reactive ketones (excluding diaryl/α,β-unsaturated/α-hetero) is 1. The van der Waals surface area contributed by atoms with Gasteiger partial charge in [0.2, 0.25) is 0 Å². The number of benzene rings is 2. The maximum Gasteiger partial charge on any atom is 0.408 e. The SMILES string of the molecule is CC[C@H]1OC(=O)[C@H](C)[C@@H](O)[C@H](C)[C@@H](O[C@@H]2O[C@H](C)C[C@H](N(C)C)[C@H]2OC(=O)c2ccccc2)[C@](C)(OCCCc2cnc3ccccc3c2)C[C@@H](C)C(=O)[C@H](C)[C@H]2NC(=O)O[C@@]21C. The summed E-state index contributed by atoms with van der Waals surface area (Å²) in [6.45, 7) is 14.5. The summed E-state index contributed by atoms with van der Waals surface area (Å²) >= 11 is 0. The first-order valence-corrected chi connectivity index (χ1v) is 22.5. The van der Waals surface area contributed by atoms with Crippen LogP contribution in [0.15, 0.2) is 66.9 Å². The van der Waals surface area contributed by atoms with Crippen LogP contribution < -0.4 is 5.32 Å². The molecule has 3 aliphatic heterocycles. The molecule has 6 rings (SSSR count). The van der Waals surface area contributed by atoms with Crippen molar-refractivity contribution in [3.8, 4) is 0 Å². The third kappa shape index (κ3) is 10.6. The minimum Gasteiger partial charge on any atom is -0.458 e. The number of carbonyl (C=O) groups excluding carboxylic acids is 4. The van der Waals surface area contributed by atoms with Gasteiger partial charge in [-0.3, -0.25) is 14.6 Å². The quantitative estimate of drug-likeness (QED) is 0.119. The molecule has 14 atom stereocenters. The molecule has 3 saturated heterocycles. The Hall–Kier alpha value is -4.47. The number of pyridine rings is 1. The van der Waals surface area contributed by atoms with Crippen LogP contribution in [0.5, 0.6) is 0 Å². The van der Waals surface area contributed by atoms with Crippen LogP contribution >= 0.6 is 0 Å². The highest BCUT2D eigenvalue weighted by Gasteiger charge is 2.57. The highest BCUT2D eigenvalue weighted by atomic mass is 16.7. The summed E-state index contributed by atoms with van der Waals surface area (Å²) < 4.78 is 38.9. The predicted octanol–water partition coefficient (Wildman–Crippen LogP) is 6.69. The molecule has 0 radical (unpaired) electrons. The number of amides is 1. The van der Waals surface area contributed by atoms with Gasteiger partial charge in [0, 0.05) is 35.9 Å². The minimum atomic E-state index is -1.37. The van der Waals surface area contributed by atoms with Crippen molar-refractivity contribution in [1.82, 2.24) is 15.2 Å². The lowest BCUT2D eigenvalue weighted by Crippen LogP contribution is -2.61. The van der Waals surface area contributed by atoms with Crippen molar-refractivity contribution < 1.29 is 52.7 Å². The lowest BCUT2D eigenvalue weighted by atomic mass is 9.73. The molecule has 14 nitrogen and oxygen atoms in total. The van der Waals surface area contributed by atoms with Gasteiger partial charge >= 0.3 is 18.0 Å². The number of para-hydroxylation sites is 1. The molecule has 4 heterocycles. The number of aromatic nitrogens is 1. The lowest BCUT2D eigenvalue weighted by Gasteiger charge is -2.49. The van der Waals surface area contributed by atoms with Gasteiger partial charge in [-0.15, -0.1) is 0 Å². The standard InChI is InChI=1S/C49H67N3O11/c1-11-38-49(8)42(51-47(57)63-49)30(4)39(53)28(2)26-48(7,58-23-17-18-33-25-35-21-15-16-22-36(35)50-27-33)43(31(5)40(54)32(6)44(55)60-38)62-46-41(37(52(9)10)24-29(3)59-46)61-45(56)34-19-13-12-14-20-34/h12-16,19-22,25,27-32,37-38,40-43,46,54H,11,17-18,23-24,26H2,1-10H3,(H,51,57)/t28-,29-,30+,31+,32-,37+,38-,40+,41-,42-,43-,46+,48-,49-/m1/s1. The van der Waals surface area contributed by atoms with Crippen LogP contribution in [0, 0.1) is 23.7 Å². The largest absolute Gasteiger partial charge is 0.458 e. The van der Waals surface area contributed by atoms with Crippen LogP contribution in [-0.4, -0.2) is 120 Å². The van der Waals surface area contributed by atoms with Crippen LogP contribution in [0.25, 0.3) is 10.9 Å². The molecule has 0 aliphatic carbocycles. The van der Waals surface area contributed by atoms with Gasteiger partial charge in [0.15, 0.2) is 18.0 Å². The Bertz CT molecular complexity index is 2070. The molecule has 1 amide bonds. The first kappa shape index (κ1) is 48.0. The highest BCUT2D eigenvalue weighted by molar-refractivity contribution is 5.89. The van der Waals surface area contributed by atoms with E-state index in [-0.39, 0.29) is 37.4 Å². The number of carbonyl (C=O) groups is 4. The zero-order valence-electron chi connectivity index (χ0n) is 38.4. The molecule has 0 spiro atoms. The molecule has 2 aromatic carbocycles. The van der Waals surface area contributed by atoms with Gasteiger partial charge in [-0.2, -0.15) is 0 Å². The van der Waals surface area contributed by atoms with Crippen molar-refractivity contribution in [2.45, 2.75) is 148 Å². The summed E-state index contributed by atoms with van der Waals surface area (Å²) in [5.41, 5.74) is -0.388. The number of nitrogens with one attached hydrogen (secondary N) is 1. The fourth-order valence-electron chi connectivity index (χ4n) is 9.99. The van der Waals surface area contributed by atoms with E-state index in [4.69, 9.17) is 28.4 Å². The van der Waals surface area contributed by atoms with Gasteiger partial charge in [0.05, 0.1) is 53.0 Å². The number of esters is 2. The van der Waals surface area contributed by atoms with Crippen molar-refractivity contribution in [2.24, 2.45) is 23.7 Å². The normalized spacial score (nSPS) is 35.6. The molecule has 0 unspecified atom stereocenters. The zero-order valence-corrected chi connectivity index (χ0v) is 38.4. The fourth-order valence-corrected chi connectivity index (χ4v) is 9.99. The minimum absolute atomic E-state index is 0.123. The second-order valence-corrected chi connectivity index (χ2v) is 18.6. The second kappa shape index (κ2) is 20.1. The van der Waals surface area contributed by atoms with Gasteiger partial charge < -0.3 is 43.7 Å². The topological polar surface area (TPSA) is 172 Å². The molecule has 3 fully saturated rings. The van der Waals surface area contributed by atoms with Crippen molar-refractivity contribution in [2.75, 3.05) is 20.7 Å². The summed E-state index contributed by atoms with van der Waals surface area (Å²) in [6.07, 6.45) is -2.41. The zero-order chi connectivity index (χ0) is 45.8. The van der Waals surface area contributed by atoms with Crippen LogP contribution in [0.4, 0.5) is 4.79 Å². The molecule has 0 saturated carbocycles. The molecule has 3 aliphatic rings. The van der Waals surface area contributed by atoms with Gasteiger partial charge in [0.25, 0.3) is 0 Å². The lowest BCUT2D eigenvalue weighted by molar-refractivity contribution is -0.303. The Kier molecular flexibility index (Phi) is 15.3. The van der Waals surface area contributed by atoms with E-state index < -0.39 is 89.7 Å². The van der Waals surface area contributed by atoms with E-state index >= 15 is 0 Å². The van der Waals surface area contributed by atoms with E-state index in [0.29, 0.717) is 24.8 Å². The Morgan fingerprint density at radius 2 is 1.68 bits per heavy atom. The third-order valence-corrected chi connectivity index (χ3v) is 13.6. The molecule has 3 aromatic rings. The Balaban J connectivity index is 1.40. The molecular weight excluding hydrogens is 807 g/mol. The second-order valence-electron chi connectivity index (χ2n) is 18.6. The van der Waals surface area contributed by atoms with E-state index in [1.807, 2.05) is 83.2 Å². The van der Waals surface area contributed by atoms with E-state index in [2.05, 4.69) is 16.4 Å². The smallest absolute Gasteiger partial charge is 0.408 e. The van der Waals surface area contributed by atoms with Crippen LogP contribution in [0.1, 0.15) is 97.0 Å². The van der Waals surface area contributed by atoms with E-state index in [0.717, 1.165) is 16.5 Å². The van der Waals surface area contributed by atoms with Gasteiger partial charge in [-0.1, -0.05) is 64.1 Å². The van der Waals surface area contributed by atoms with Gasteiger partial charge in [-0.05, 0) is 104 Å². The van der Waals surface area contributed by atoms with E-state index in [1.54, 1.807) is 52.0 Å². The number of rotatable bonds is 11. The number of ketones is 1. The van der Waals surface area contributed by atoms with Gasteiger partial charge in [-0.25, -0.2) is 9.59 Å². The molecular formula is C49H67N3O11. The number of aliphatic hydroxyl groups excluding tert-OH is 1. The Morgan fingerprint density at radius 1 is 0.984 bits per heavy atom. The van der Waals surface area contributed by atoms with Crippen molar-refractivity contribution in [3.05, 3.63) is 78.0 Å². The van der Waals surface area contributed by atoms with Gasteiger partial charge in [0.1, 0.15) is 11.9 Å². The van der Waals surface area contributed by atoms with Crippen molar-refractivity contribution >= 4 is 34.7 Å². The summed E-state index contributed by atoms with van der Waals surface area (Å²) in [5.74, 6) is -4.77. The third-order valence-electron chi connectivity index (χ3n) is 13.6. The van der Waals surface area contributed by atoms with Crippen molar-refractivity contribution in [1.29, 1.82) is 0 Å². The van der Waals surface area contributed by atoms with Crippen LogP contribution in [0.2, 0.25) is 0 Å².